The predicted octanol–water partition coefficient (Wildman–Crippen LogP) is 2.52. The molecule has 116 valence electrons. The van der Waals surface area contributed by atoms with Crippen LogP contribution in [0.3, 0.4) is 0 Å². The van der Waals surface area contributed by atoms with Crippen LogP contribution in [-0.2, 0) is 9.59 Å². The molecule has 0 fully saturated rings. The normalized spacial score (nSPS) is 13.3. The molecule has 0 saturated carbocycles. The van der Waals surface area contributed by atoms with Gasteiger partial charge >= 0.3 is 5.97 Å². The van der Waals surface area contributed by atoms with Crippen LogP contribution in [0.2, 0.25) is 0 Å². The molecular weight excluding hydrogens is 270 g/mol. The summed E-state index contributed by atoms with van der Waals surface area (Å²) in [6.07, 6.45) is 1.20. The Labute approximate surface area is 125 Å². The molecule has 0 aliphatic rings. The van der Waals surface area contributed by atoms with Gasteiger partial charge in [0.05, 0.1) is 13.0 Å². The van der Waals surface area contributed by atoms with E-state index in [-0.39, 0.29) is 18.9 Å². The van der Waals surface area contributed by atoms with Crippen molar-refractivity contribution in [2.45, 2.75) is 45.6 Å². The Morgan fingerprint density at radius 2 is 2.00 bits per heavy atom. The summed E-state index contributed by atoms with van der Waals surface area (Å²) in [6, 6.07) is 7.55. The van der Waals surface area contributed by atoms with E-state index in [0.717, 1.165) is 11.3 Å². The lowest BCUT2D eigenvalue weighted by atomic mass is 9.96. The van der Waals surface area contributed by atoms with E-state index in [1.165, 1.54) is 6.92 Å². The Morgan fingerprint density at radius 1 is 1.33 bits per heavy atom. The lowest BCUT2D eigenvalue weighted by Gasteiger charge is -2.25. The van der Waals surface area contributed by atoms with Crippen LogP contribution in [-0.4, -0.2) is 29.1 Å². The first-order chi connectivity index (χ1) is 9.89. The number of carboxylic acids is 1. The Bertz CT molecular complexity index is 501. The van der Waals surface area contributed by atoms with Crippen LogP contribution in [0, 0.1) is 6.92 Å². The molecule has 2 N–H and O–H groups in total. The van der Waals surface area contributed by atoms with Gasteiger partial charge in [-0.25, -0.2) is 4.79 Å². The number of amides is 1. The molecule has 1 aromatic carbocycles. The standard InChI is InChI=1S/C16H23NO4/c1-4-10-16(3,15(19)20)17-14(18)9-11-21-13-8-6-5-7-12(13)2/h5-8H,4,9-11H2,1-3H3,(H,17,18)(H,19,20). The second-order valence-electron chi connectivity index (χ2n) is 5.30. The summed E-state index contributed by atoms with van der Waals surface area (Å²) >= 11 is 0. The molecule has 0 aliphatic heterocycles. The van der Waals surface area contributed by atoms with Gasteiger partial charge in [0.15, 0.2) is 0 Å². The van der Waals surface area contributed by atoms with Crippen molar-refractivity contribution < 1.29 is 19.4 Å². The maximum absolute atomic E-state index is 11.9. The maximum atomic E-state index is 11.9. The van der Waals surface area contributed by atoms with Gasteiger partial charge < -0.3 is 15.2 Å². The van der Waals surface area contributed by atoms with Crippen LogP contribution in [0.1, 0.15) is 38.7 Å². The number of benzene rings is 1. The van der Waals surface area contributed by atoms with E-state index in [0.29, 0.717) is 12.8 Å². The highest BCUT2D eigenvalue weighted by molar-refractivity contribution is 5.86. The number of rotatable bonds is 8. The average Bonchev–Trinajstić information content (AvgIpc) is 2.41. The second-order valence-corrected chi connectivity index (χ2v) is 5.30. The minimum atomic E-state index is -1.21. The maximum Gasteiger partial charge on any atom is 0.329 e. The lowest BCUT2D eigenvalue weighted by molar-refractivity contribution is -0.147. The SMILES string of the molecule is CCCC(C)(NC(=O)CCOc1ccccc1C)C(=O)O. The van der Waals surface area contributed by atoms with Crippen LogP contribution >= 0.6 is 0 Å². The fraction of sp³-hybridized carbons (Fsp3) is 0.500. The molecule has 5 nitrogen and oxygen atoms in total. The van der Waals surface area contributed by atoms with E-state index < -0.39 is 11.5 Å². The van der Waals surface area contributed by atoms with Crippen molar-refractivity contribution in [2.75, 3.05) is 6.61 Å². The van der Waals surface area contributed by atoms with Crippen LogP contribution in [0.15, 0.2) is 24.3 Å². The average molecular weight is 293 g/mol. The van der Waals surface area contributed by atoms with E-state index in [4.69, 9.17) is 4.74 Å². The summed E-state index contributed by atoms with van der Waals surface area (Å²) in [5.41, 5.74) is -0.214. The number of carbonyl (C=O) groups is 2. The molecule has 1 amide bonds. The first-order valence-corrected chi connectivity index (χ1v) is 7.12. The molecule has 0 spiro atoms. The molecular formula is C16H23NO4. The zero-order valence-corrected chi connectivity index (χ0v) is 12.8. The fourth-order valence-electron chi connectivity index (χ4n) is 2.07. The molecule has 1 atom stereocenters. The third-order valence-electron chi connectivity index (χ3n) is 3.32. The molecule has 21 heavy (non-hydrogen) atoms. The predicted molar refractivity (Wildman–Crippen MR) is 80.4 cm³/mol. The van der Waals surface area contributed by atoms with Gasteiger partial charge in [0.1, 0.15) is 11.3 Å². The van der Waals surface area contributed by atoms with Gasteiger partial charge in [-0.15, -0.1) is 0 Å². The first-order valence-electron chi connectivity index (χ1n) is 7.12. The number of carbonyl (C=O) groups excluding carboxylic acids is 1. The highest BCUT2D eigenvalue weighted by Gasteiger charge is 2.33. The summed E-state index contributed by atoms with van der Waals surface area (Å²) < 4.78 is 5.53. The van der Waals surface area contributed by atoms with E-state index in [1.807, 2.05) is 38.1 Å². The van der Waals surface area contributed by atoms with Crippen molar-refractivity contribution in [1.82, 2.24) is 5.32 Å². The van der Waals surface area contributed by atoms with Gasteiger partial charge in [-0.2, -0.15) is 0 Å². The van der Waals surface area contributed by atoms with Crippen molar-refractivity contribution in [1.29, 1.82) is 0 Å². The molecule has 0 aliphatic carbocycles. The summed E-state index contributed by atoms with van der Waals surface area (Å²) in [4.78, 5) is 23.1. The van der Waals surface area contributed by atoms with E-state index in [1.54, 1.807) is 0 Å². The third-order valence-corrected chi connectivity index (χ3v) is 3.32. The largest absolute Gasteiger partial charge is 0.493 e. The Hall–Kier alpha value is -2.04. The number of aryl methyl sites for hydroxylation is 1. The number of hydrogen-bond donors (Lipinski definition) is 2. The van der Waals surface area contributed by atoms with Gasteiger partial charge in [0, 0.05) is 0 Å². The molecule has 0 aromatic heterocycles. The molecule has 0 saturated heterocycles. The molecule has 0 heterocycles. The minimum absolute atomic E-state index is 0.126. The van der Waals surface area contributed by atoms with Gasteiger partial charge in [0.2, 0.25) is 5.91 Å². The number of carboxylic acid groups (broad SMARTS) is 1. The van der Waals surface area contributed by atoms with Gasteiger partial charge in [-0.3, -0.25) is 4.79 Å². The Balaban J connectivity index is 2.47. The highest BCUT2D eigenvalue weighted by Crippen LogP contribution is 2.16. The van der Waals surface area contributed by atoms with Crippen LogP contribution in [0.25, 0.3) is 0 Å². The van der Waals surface area contributed by atoms with Crippen molar-refractivity contribution in [3.63, 3.8) is 0 Å². The van der Waals surface area contributed by atoms with Crippen LogP contribution < -0.4 is 10.1 Å². The van der Waals surface area contributed by atoms with Crippen molar-refractivity contribution in [2.24, 2.45) is 0 Å². The summed E-state index contributed by atoms with van der Waals surface area (Å²) in [5, 5.41) is 11.8. The highest BCUT2D eigenvalue weighted by atomic mass is 16.5. The van der Waals surface area contributed by atoms with Crippen molar-refractivity contribution >= 4 is 11.9 Å². The molecule has 0 bridgehead atoms. The number of nitrogens with one attached hydrogen (secondary N) is 1. The van der Waals surface area contributed by atoms with Crippen LogP contribution in [0.5, 0.6) is 5.75 Å². The monoisotopic (exact) mass is 293 g/mol. The zero-order valence-electron chi connectivity index (χ0n) is 12.8. The van der Waals surface area contributed by atoms with Gasteiger partial charge in [-0.1, -0.05) is 31.5 Å². The Morgan fingerprint density at radius 3 is 2.57 bits per heavy atom. The first kappa shape index (κ1) is 17.0. The van der Waals surface area contributed by atoms with Crippen molar-refractivity contribution in [3.05, 3.63) is 29.8 Å². The van der Waals surface area contributed by atoms with Gasteiger partial charge in [-0.05, 0) is 31.9 Å². The Kier molecular flexibility index (Phi) is 6.21. The third kappa shape index (κ3) is 5.10. The fourth-order valence-corrected chi connectivity index (χ4v) is 2.07. The van der Waals surface area contributed by atoms with Crippen LogP contribution in [0.4, 0.5) is 0 Å². The summed E-state index contributed by atoms with van der Waals surface area (Å²) in [7, 11) is 0. The molecule has 0 radical (unpaired) electrons. The molecule has 1 aromatic rings. The topological polar surface area (TPSA) is 75.6 Å². The quantitative estimate of drug-likeness (QED) is 0.772. The zero-order chi connectivity index (χ0) is 15.9. The summed E-state index contributed by atoms with van der Waals surface area (Å²) in [5.74, 6) is -0.598. The molecule has 5 heteroatoms. The number of aliphatic carboxylic acids is 1. The lowest BCUT2D eigenvalue weighted by Crippen LogP contribution is -2.52. The van der Waals surface area contributed by atoms with Gasteiger partial charge in [0.25, 0.3) is 0 Å². The molecule has 1 rings (SSSR count). The van der Waals surface area contributed by atoms with Crippen molar-refractivity contribution in [3.8, 4) is 5.75 Å². The number of para-hydroxylation sites is 1. The summed E-state index contributed by atoms with van der Waals surface area (Å²) in [6.45, 7) is 5.56. The second kappa shape index (κ2) is 7.67. The number of ether oxygens (including phenoxy) is 1. The minimum Gasteiger partial charge on any atom is -0.493 e. The smallest absolute Gasteiger partial charge is 0.329 e. The number of hydrogen-bond acceptors (Lipinski definition) is 3. The van der Waals surface area contributed by atoms with E-state index in [9.17, 15) is 14.7 Å². The molecule has 1 unspecified atom stereocenters. The van der Waals surface area contributed by atoms with E-state index in [2.05, 4.69) is 5.32 Å². The van der Waals surface area contributed by atoms with E-state index >= 15 is 0 Å².